The number of amides is 3. The Labute approximate surface area is 315 Å². The summed E-state index contributed by atoms with van der Waals surface area (Å²) in [7, 11) is 0. The third-order valence-corrected chi connectivity index (χ3v) is 9.96. The smallest absolute Gasteiger partial charge is 0.320 e. The Morgan fingerprint density at radius 1 is 0.981 bits per heavy atom. The van der Waals surface area contributed by atoms with Gasteiger partial charge in [-0.2, -0.15) is 0 Å². The number of carboxylic acids is 1. The highest BCUT2D eigenvalue weighted by atomic mass is 19.1. The van der Waals surface area contributed by atoms with Crippen LogP contribution >= 0.6 is 0 Å². The van der Waals surface area contributed by atoms with Crippen molar-refractivity contribution in [2.24, 2.45) is 22.8 Å². The molecular weight excluding hydrogens is 698 g/mol. The van der Waals surface area contributed by atoms with Gasteiger partial charge in [0, 0.05) is 54.6 Å². The number of hydrogen-bond acceptors (Lipinski definition) is 7. The molecule has 1 aliphatic carbocycles. The molecule has 1 aromatic heterocycles. The van der Waals surface area contributed by atoms with Crippen molar-refractivity contribution < 1.29 is 38.2 Å². The van der Waals surface area contributed by atoms with E-state index in [1.165, 1.54) is 4.90 Å². The molecule has 3 aromatic rings. The molecule has 1 fully saturated rings. The number of unbranched alkanes of at least 4 members (excludes halogenated alkanes) is 1. The lowest BCUT2D eigenvalue weighted by Gasteiger charge is -2.41. The van der Waals surface area contributed by atoms with E-state index in [4.69, 9.17) is 16.6 Å². The van der Waals surface area contributed by atoms with E-state index in [-0.39, 0.29) is 36.4 Å². The van der Waals surface area contributed by atoms with Crippen LogP contribution in [0.5, 0.6) is 0 Å². The molecule has 14 heteroatoms. The van der Waals surface area contributed by atoms with E-state index < -0.39 is 59.6 Å². The average Bonchev–Trinajstić information content (AvgIpc) is 3.77. The monoisotopic (exact) mass is 752 g/mol. The van der Waals surface area contributed by atoms with Crippen LogP contribution in [-0.4, -0.2) is 81.2 Å². The van der Waals surface area contributed by atoms with Crippen molar-refractivity contribution in [2.45, 2.75) is 96.4 Å². The predicted octanol–water partition coefficient (Wildman–Crippen LogP) is 4.09. The fourth-order valence-electron chi connectivity index (χ4n) is 7.14. The van der Waals surface area contributed by atoms with Gasteiger partial charge in [-0.3, -0.25) is 19.2 Å². The number of nitrogens with zero attached hydrogens (tertiary/aromatic N) is 2. The van der Waals surface area contributed by atoms with Gasteiger partial charge in [0.15, 0.2) is 0 Å². The van der Waals surface area contributed by atoms with E-state index in [1.54, 1.807) is 12.3 Å². The van der Waals surface area contributed by atoms with E-state index in [0.29, 0.717) is 62.9 Å². The summed E-state index contributed by atoms with van der Waals surface area (Å²) in [5, 5.41) is 24.8. The Hall–Kier alpha value is -4.66. The van der Waals surface area contributed by atoms with E-state index in [9.17, 15) is 28.7 Å². The molecule has 0 aliphatic heterocycles. The van der Waals surface area contributed by atoms with Gasteiger partial charge in [0.25, 0.3) is 0 Å². The van der Waals surface area contributed by atoms with Crippen molar-refractivity contribution in [3.8, 4) is 11.1 Å². The van der Waals surface area contributed by atoms with Crippen LogP contribution in [0.3, 0.4) is 0 Å². The summed E-state index contributed by atoms with van der Waals surface area (Å²) in [5.74, 6) is -3.65. The number of aliphatic hydroxyl groups excluding tert-OH is 1. The number of carboxylic acid groups (broad SMARTS) is 1. The lowest BCUT2D eigenvalue weighted by molar-refractivity contribution is -0.140. The summed E-state index contributed by atoms with van der Waals surface area (Å²) in [6.45, 7) is 5.81. The van der Waals surface area contributed by atoms with Crippen LogP contribution in [0.2, 0.25) is 0 Å². The first-order valence-electron chi connectivity index (χ1n) is 18.5. The number of aromatic nitrogens is 1. The van der Waals surface area contributed by atoms with Crippen LogP contribution in [0.25, 0.3) is 11.1 Å². The minimum absolute atomic E-state index is 0.0170. The Kier molecular flexibility index (Phi) is 14.9. The summed E-state index contributed by atoms with van der Waals surface area (Å²) in [6.07, 6.45) is 4.93. The molecule has 4 rings (SSSR count). The summed E-state index contributed by atoms with van der Waals surface area (Å²) in [4.78, 5) is 51.9. The van der Waals surface area contributed by atoms with Crippen LogP contribution in [-0.2, 0) is 25.7 Å². The zero-order valence-electron chi connectivity index (χ0n) is 31.3. The second-order valence-electron chi connectivity index (χ2n) is 15.2. The van der Waals surface area contributed by atoms with Crippen LogP contribution in [0.15, 0.2) is 60.8 Å². The number of carbonyl (C=O) groups excluding carboxylic acids is 3. The summed E-state index contributed by atoms with van der Waals surface area (Å²) >= 11 is 0. The molecule has 0 spiro atoms. The third-order valence-electron chi connectivity index (χ3n) is 9.96. The Bertz CT molecular complexity index is 1750. The maximum atomic E-state index is 15.0. The van der Waals surface area contributed by atoms with Crippen molar-refractivity contribution >= 4 is 23.7 Å². The number of hydrogen-bond donors (Lipinski definition) is 6. The molecule has 8 N–H and O–H groups in total. The molecule has 0 radical (unpaired) electrons. The molecule has 0 bridgehead atoms. The summed E-state index contributed by atoms with van der Waals surface area (Å²) < 4.78 is 31.3. The standard InChI is InChI=1S/C40H54F2N6O6/c1-40(2,3)36(34-20-27(30-21-28(41)13-15-31(30)42)23-47(34)22-25-9-5-4-6-10-25)48(35(50)24-49)18-16-32(43)38(52)46-29-14-12-26(19-29)37(51)45-17-8-7-11-33(44)39(53)54/h4-6,9-10,13,15,20-21,23,26,29,32-33,36,49H,7-8,11-12,14,16-19,22,24,43-44H2,1-3H3,(H,45,51)(H,46,52)(H,53,54)/t26-,29+,32+,33+,36+/m1/s1. The van der Waals surface area contributed by atoms with Crippen molar-refractivity contribution in [3.05, 3.63) is 83.7 Å². The number of halogens is 2. The maximum Gasteiger partial charge on any atom is 0.320 e. The first-order chi connectivity index (χ1) is 25.6. The quantitative estimate of drug-likeness (QED) is 0.105. The molecule has 12 nitrogen and oxygen atoms in total. The van der Waals surface area contributed by atoms with Crippen molar-refractivity contribution in [2.75, 3.05) is 19.7 Å². The molecule has 0 saturated heterocycles. The highest BCUT2D eigenvalue weighted by molar-refractivity contribution is 5.83. The molecule has 54 heavy (non-hydrogen) atoms. The highest BCUT2D eigenvalue weighted by Crippen LogP contribution is 2.41. The van der Waals surface area contributed by atoms with Gasteiger partial charge in [0.1, 0.15) is 24.3 Å². The molecule has 1 heterocycles. The van der Waals surface area contributed by atoms with Gasteiger partial charge in [-0.05, 0) is 80.2 Å². The Morgan fingerprint density at radius 2 is 1.70 bits per heavy atom. The highest BCUT2D eigenvalue weighted by Gasteiger charge is 2.38. The SMILES string of the molecule is CC(C)(C)[C@H](c1cc(-c2cc(F)ccc2F)cn1Cc1ccccc1)N(CC[C@H](N)C(=O)N[C@H]1CC[C@@H](C(=O)NCCCC[C@H](N)C(=O)O)C1)C(=O)CO. The van der Waals surface area contributed by atoms with Gasteiger partial charge in [-0.25, -0.2) is 8.78 Å². The van der Waals surface area contributed by atoms with Crippen LogP contribution in [0.4, 0.5) is 8.78 Å². The maximum absolute atomic E-state index is 15.0. The van der Waals surface area contributed by atoms with Gasteiger partial charge in [-0.15, -0.1) is 0 Å². The van der Waals surface area contributed by atoms with Crippen LogP contribution < -0.4 is 22.1 Å². The van der Waals surface area contributed by atoms with Crippen LogP contribution in [0, 0.1) is 23.0 Å². The van der Waals surface area contributed by atoms with Gasteiger partial charge in [0.2, 0.25) is 17.7 Å². The largest absolute Gasteiger partial charge is 0.480 e. The molecular formula is C40H54F2N6O6. The Morgan fingerprint density at radius 3 is 2.37 bits per heavy atom. The number of aliphatic hydroxyl groups is 1. The molecule has 1 aliphatic rings. The van der Waals surface area contributed by atoms with Crippen molar-refractivity contribution in [1.29, 1.82) is 0 Å². The third kappa shape index (κ3) is 11.4. The molecule has 3 amide bonds. The van der Waals surface area contributed by atoms with Gasteiger partial charge >= 0.3 is 5.97 Å². The lowest BCUT2D eigenvalue weighted by Crippen LogP contribution is -2.49. The lowest BCUT2D eigenvalue weighted by atomic mass is 9.82. The number of nitrogens with two attached hydrogens (primary N) is 2. The van der Waals surface area contributed by atoms with Gasteiger partial charge < -0.3 is 41.8 Å². The minimum Gasteiger partial charge on any atom is -0.480 e. The van der Waals surface area contributed by atoms with Crippen molar-refractivity contribution in [3.63, 3.8) is 0 Å². The molecule has 1 saturated carbocycles. The minimum atomic E-state index is -1.05. The first-order valence-corrected chi connectivity index (χ1v) is 18.5. The van der Waals surface area contributed by atoms with Crippen LogP contribution in [0.1, 0.15) is 83.0 Å². The molecule has 0 unspecified atom stereocenters. The zero-order chi connectivity index (χ0) is 39.6. The number of carbonyl (C=O) groups is 4. The second kappa shape index (κ2) is 19.1. The molecule has 2 aromatic carbocycles. The fraction of sp³-hybridized carbons (Fsp3) is 0.500. The zero-order valence-corrected chi connectivity index (χ0v) is 31.3. The van der Waals surface area contributed by atoms with E-state index in [1.807, 2.05) is 55.7 Å². The van der Waals surface area contributed by atoms with Crippen molar-refractivity contribution in [1.82, 2.24) is 20.1 Å². The summed E-state index contributed by atoms with van der Waals surface area (Å²) in [5.41, 5.74) is 13.3. The molecule has 294 valence electrons. The number of nitrogens with one attached hydrogen (secondary N) is 2. The number of benzene rings is 2. The van der Waals surface area contributed by atoms with Gasteiger partial charge in [-0.1, -0.05) is 51.1 Å². The molecule has 5 atom stereocenters. The normalized spacial score (nSPS) is 17.4. The average molecular weight is 753 g/mol. The fourth-order valence-corrected chi connectivity index (χ4v) is 7.14. The number of rotatable bonds is 18. The van der Waals surface area contributed by atoms with E-state index in [2.05, 4.69) is 10.6 Å². The van der Waals surface area contributed by atoms with E-state index in [0.717, 1.165) is 23.8 Å². The predicted molar refractivity (Wildman–Crippen MR) is 201 cm³/mol. The summed E-state index contributed by atoms with van der Waals surface area (Å²) in [6, 6.07) is 11.7. The number of aliphatic carboxylic acids is 1. The van der Waals surface area contributed by atoms with Gasteiger partial charge in [0.05, 0.1) is 12.1 Å². The first kappa shape index (κ1) is 42.1. The topological polar surface area (TPSA) is 193 Å². The Balaban J connectivity index is 1.46. The van der Waals surface area contributed by atoms with E-state index >= 15 is 4.39 Å². The second-order valence-corrected chi connectivity index (χ2v) is 15.2.